The van der Waals surface area contributed by atoms with E-state index in [0.29, 0.717) is 19.6 Å². The summed E-state index contributed by atoms with van der Waals surface area (Å²) < 4.78 is 43.9. The van der Waals surface area contributed by atoms with Crippen molar-refractivity contribution in [1.82, 2.24) is 23.9 Å². The SMILES string of the molecule is C[C@@H]1CN(S(=O)(=O)c2cnn(C)c2)CCN1c1ccc2c(cnn2-c2ccc(F)cc2)c1. The highest BCUT2D eigenvalue weighted by atomic mass is 32.2. The summed E-state index contributed by atoms with van der Waals surface area (Å²) in [5, 5.41) is 9.41. The van der Waals surface area contributed by atoms with E-state index in [4.69, 9.17) is 0 Å². The van der Waals surface area contributed by atoms with Crippen LogP contribution in [0.4, 0.5) is 10.1 Å². The molecule has 0 bridgehead atoms. The van der Waals surface area contributed by atoms with Crippen molar-refractivity contribution in [3.05, 3.63) is 66.9 Å². The van der Waals surface area contributed by atoms with Crippen LogP contribution in [0.25, 0.3) is 16.6 Å². The molecular formula is C22H23FN6O2S. The van der Waals surface area contributed by atoms with E-state index in [0.717, 1.165) is 22.3 Å². The number of aromatic nitrogens is 4. The highest BCUT2D eigenvalue weighted by molar-refractivity contribution is 7.89. The van der Waals surface area contributed by atoms with E-state index in [-0.39, 0.29) is 16.8 Å². The monoisotopic (exact) mass is 454 g/mol. The fourth-order valence-corrected chi connectivity index (χ4v) is 5.69. The Balaban J connectivity index is 1.38. The summed E-state index contributed by atoms with van der Waals surface area (Å²) in [7, 11) is -1.86. The molecule has 0 spiro atoms. The molecule has 32 heavy (non-hydrogen) atoms. The van der Waals surface area contributed by atoms with Crippen LogP contribution in [0.2, 0.25) is 0 Å². The van der Waals surface area contributed by atoms with Crippen molar-refractivity contribution in [3.8, 4) is 5.69 Å². The zero-order valence-corrected chi connectivity index (χ0v) is 18.6. The van der Waals surface area contributed by atoms with E-state index < -0.39 is 10.0 Å². The third-order valence-corrected chi connectivity index (χ3v) is 7.68. The minimum Gasteiger partial charge on any atom is -0.366 e. The minimum absolute atomic E-state index is 0.000195. The zero-order chi connectivity index (χ0) is 22.5. The molecule has 0 N–H and O–H groups in total. The molecule has 1 fully saturated rings. The molecule has 1 atom stereocenters. The van der Waals surface area contributed by atoms with Crippen LogP contribution >= 0.6 is 0 Å². The zero-order valence-electron chi connectivity index (χ0n) is 17.8. The van der Waals surface area contributed by atoms with Gasteiger partial charge in [0, 0.05) is 50.0 Å². The predicted molar refractivity (Wildman–Crippen MR) is 120 cm³/mol. The van der Waals surface area contributed by atoms with Crippen molar-refractivity contribution in [3.63, 3.8) is 0 Å². The molecule has 0 radical (unpaired) electrons. The molecule has 166 valence electrons. The number of sulfonamides is 1. The van der Waals surface area contributed by atoms with Crippen LogP contribution in [0, 0.1) is 5.82 Å². The van der Waals surface area contributed by atoms with Crippen LogP contribution in [0.5, 0.6) is 0 Å². The van der Waals surface area contributed by atoms with Gasteiger partial charge in [0.15, 0.2) is 0 Å². The van der Waals surface area contributed by atoms with Gasteiger partial charge in [-0.25, -0.2) is 17.5 Å². The maximum atomic E-state index is 13.3. The van der Waals surface area contributed by atoms with Gasteiger partial charge in [0.05, 0.1) is 23.6 Å². The van der Waals surface area contributed by atoms with Gasteiger partial charge < -0.3 is 4.90 Å². The third kappa shape index (κ3) is 3.55. The van der Waals surface area contributed by atoms with Crippen LogP contribution in [-0.4, -0.2) is 58.0 Å². The van der Waals surface area contributed by atoms with Crippen molar-refractivity contribution < 1.29 is 12.8 Å². The Morgan fingerprint density at radius 2 is 1.75 bits per heavy atom. The largest absolute Gasteiger partial charge is 0.366 e. The highest BCUT2D eigenvalue weighted by Gasteiger charge is 2.33. The van der Waals surface area contributed by atoms with Crippen LogP contribution in [0.1, 0.15) is 6.92 Å². The van der Waals surface area contributed by atoms with Gasteiger partial charge in [0.2, 0.25) is 10.0 Å². The van der Waals surface area contributed by atoms with E-state index in [1.807, 2.05) is 19.1 Å². The lowest BCUT2D eigenvalue weighted by atomic mass is 10.1. The van der Waals surface area contributed by atoms with Crippen molar-refractivity contribution >= 4 is 26.6 Å². The molecule has 0 saturated carbocycles. The lowest BCUT2D eigenvalue weighted by molar-refractivity contribution is 0.342. The molecule has 0 unspecified atom stereocenters. The first-order chi connectivity index (χ1) is 15.3. The summed E-state index contributed by atoms with van der Waals surface area (Å²) >= 11 is 0. The van der Waals surface area contributed by atoms with E-state index in [9.17, 15) is 12.8 Å². The molecule has 1 aliphatic rings. The molecule has 10 heteroatoms. The topological polar surface area (TPSA) is 76.3 Å². The van der Waals surface area contributed by atoms with Crippen molar-refractivity contribution in [1.29, 1.82) is 0 Å². The average molecular weight is 455 g/mol. The number of piperazine rings is 1. The van der Waals surface area contributed by atoms with Crippen LogP contribution < -0.4 is 4.90 Å². The van der Waals surface area contributed by atoms with Crippen LogP contribution in [0.15, 0.2) is 66.0 Å². The summed E-state index contributed by atoms with van der Waals surface area (Å²) in [5.74, 6) is -0.286. The molecule has 1 saturated heterocycles. The number of nitrogens with zero attached hydrogens (tertiary/aromatic N) is 6. The predicted octanol–water partition coefficient (Wildman–Crippen LogP) is 2.80. The van der Waals surface area contributed by atoms with E-state index in [1.54, 1.807) is 30.1 Å². The number of halogens is 1. The van der Waals surface area contributed by atoms with E-state index in [2.05, 4.69) is 21.2 Å². The maximum Gasteiger partial charge on any atom is 0.246 e. The average Bonchev–Trinajstić information content (AvgIpc) is 3.40. The molecule has 2 aromatic carbocycles. The maximum absolute atomic E-state index is 13.3. The second-order valence-corrected chi connectivity index (χ2v) is 9.97. The first-order valence-electron chi connectivity index (χ1n) is 10.3. The van der Waals surface area contributed by atoms with Crippen LogP contribution in [-0.2, 0) is 17.1 Å². The normalized spacial score (nSPS) is 17.8. The number of aryl methyl sites for hydroxylation is 1. The van der Waals surface area contributed by atoms with Gasteiger partial charge in [-0.1, -0.05) is 0 Å². The Morgan fingerprint density at radius 1 is 1.00 bits per heavy atom. The Kier molecular flexibility index (Phi) is 4.98. The van der Waals surface area contributed by atoms with Gasteiger partial charge in [-0.15, -0.1) is 0 Å². The number of fused-ring (bicyclic) bond motifs is 1. The standard InChI is InChI=1S/C22H23FN6O2S/c1-16-14-27(32(30,31)21-13-24-26(2)15-21)9-10-28(16)20-7-8-22-17(11-20)12-25-29(22)19-5-3-18(23)4-6-19/h3-8,11-13,15-16H,9-10,14H2,1-2H3/t16-/m1/s1. The molecule has 1 aliphatic heterocycles. The van der Waals surface area contributed by atoms with Gasteiger partial charge in [-0.3, -0.25) is 4.68 Å². The Bertz CT molecular complexity index is 1380. The fraction of sp³-hybridized carbons (Fsp3) is 0.273. The first-order valence-corrected chi connectivity index (χ1v) is 11.8. The number of hydrogen-bond acceptors (Lipinski definition) is 5. The number of benzene rings is 2. The molecule has 2 aromatic heterocycles. The molecule has 4 aromatic rings. The Hall–Kier alpha value is -3.24. The summed E-state index contributed by atoms with van der Waals surface area (Å²) in [6.07, 6.45) is 4.70. The van der Waals surface area contributed by atoms with Gasteiger partial charge in [0.1, 0.15) is 10.7 Å². The Labute approximate surface area is 185 Å². The summed E-state index contributed by atoms with van der Waals surface area (Å²) in [4.78, 5) is 2.43. The third-order valence-electron chi connectivity index (χ3n) is 5.86. The number of anilines is 1. The van der Waals surface area contributed by atoms with Crippen LogP contribution in [0.3, 0.4) is 0 Å². The quantitative estimate of drug-likeness (QED) is 0.474. The van der Waals surface area contributed by atoms with Gasteiger partial charge in [-0.05, 0) is 49.4 Å². The highest BCUT2D eigenvalue weighted by Crippen LogP contribution is 2.28. The molecule has 3 heterocycles. The van der Waals surface area contributed by atoms with Gasteiger partial charge >= 0.3 is 0 Å². The number of hydrogen-bond donors (Lipinski definition) is 0. The van der Waals surface area contributed by atoms with Gasteiger partial charge in [0.25, 0.3) is 0 Å². The fourth-order valence-electron chi connectivity index (χ4n) is 4.19. The molecule has 5 rings (SSSR count). The smallest absolute Gasteiger partial charge is 0.246 e. The minimum atomic E-state index is -3.56. The van der Waals surface area contributed by atoms with Gasteiger partial charge in [-0.2, -0.15) is 14.5 Å². The summed E-state index contributed by atoms with van der Waals surface area (Å²) in [6.45, 7) is 3.40. The lowest BCUT2D eigenvalue weighted by Gasteiger charge is -2.40. The van der Waals surface area contributed by atoms with Crippen molar-refractivity contribution in [2.75, 3.05) is 24.5 Å². The second kappa shape index (κ2) is 7.72. The van der Waals surface area contributed by atoms with E-state index >= 15 is 0 Å². The first kappa shape index (κ1) is 20.7. The second-order valence-electron chi connectivity index (χ2n) is 8.03. The molecule has 0 aliphatic carbocycles. The molecular weight excluding hydrogens is 431 g/mol. The summed E-state index contributed by atoms with van der Waals surface area (Å²) in [6, 6.07) is 12.3. The van der Waals surface area contributed by atoms with Crippen molar-refractivity contribution in [2.24, 2.45) is 7.05 Å². The number of rotatable bonds is 4. The van der Waals surface area contributed by atoms with Crippen molar-refractivity contribution in [2.45, 2.75) is 17.9 Å². The molecule has 0 amide bonds. The Morgan fingerprint density at radius 3 is 2.44 bits per heavy atom. The van der Waals surface area contributed by atoms with E-state index in [1.165, 1.54) is 33.5 Å². The summed E-state index contributed by atoms with van der Waals surface area (Å²) in [5.41, 5.74) is 2.73. The molecule has 8 nitrogen and oxygen atoms in total. The lowest BCUT2D eigenvalue weighted by Crippen LogP contribution is -2.53.